The Morgan fingerprint density at radius 3 is 2.87 bits per heavy atom. The lowest BCUT2D eigenvalue weighted by Gasteiger charge is -2.05. The SMILES string of the molecule is O=C(O)c1c(Cl)cccc1-n1cnnn1. The number of carbonyl (C=O) groups is 1. The van der Waals surface area contributed by atoms with Crippen LogP contribution < -0.4 is 0 Å². The van der Waals surface area contributed by atoms with Gasteiger partial charge in [-0.2, -0.15) is 4.68 Å². The van der Waals surface area contributed by atoms with Crippen LogP contribution in [-0.4, -0.2) is 31.3 Å². The van der Waals surface area contributed by atoms with Crippen molar-refractivity contribution < 1.29 is 9.90 Å². The van der Waals surface area contributed by atoms with E-state index < -0.39 is 5.97 Å². The van der Waals surface area contributed by atoms with Crippen molar-refractivity contribution in [3.05, 3.63) is 35.1 Å². The molecular formula is C8H5ClN4O2. The van der Waals surface area contributed by atoms with Crippen LogP contribution in [0.5, 0.6) is 0 Å². The largest absolute Gasteiger partial charge is 0.478 e. The van der Waals surface area contributed by atoms with Crippen LogP contribution in [0.4, 0.5) is 0 Å². The molecule has 0 aliphatic rings. The molecule has 0 unspecified atom stereocenters. The number of hydrogen-bond acceptors (Lipinski definition) is 4. The van der Waals surface area contributed by atoms with Gasteiger partial charge in [-0.1, -0.05) is 17.7 Å². The molecule has 0 saturated heterocycles. The number of aromatic carboxylic acids is 1. The molecule has 6 nitrogen and oxygen atoms in total. The minimum absolute atomic E-state index is 0.0218. The third kappa shape index (κ3) is 1.66. The van der Waals surface area contributed by atoms with E-state index in [1.54, 1.807) is 12.1 Å². The van der Waals surface area contributed by atoms with Gasteiger partial charge in [0.05, 0.1) is 10.7 Å². The van der Waals surface area contributed by atoms with Gasteiger partial charge in [-0.3, -0.25) is 0 Å². The number of carboxylic acids is 1. The highest BCUT2D eigenvalue weighted by Gasteiger charge is 2.16. The van der Waals surface area contributed by atoms with E-state index in [9.17, 15) is 4.79 Å². The van der Waals surface area contributed by atoms with Crippen molar-refractivity contribution in [2.24, 2.45) is 0 Å². The Morgan fingerprint density at radius 1 is 1.47 bits per heavy atom. The zero-order chi connectivity index (χ0) is 10.8. The summed E-state index contributed by atoms with van der Waals surface area (Å²) in [6.07, 6.45) is 1.30. The van der Waals surface area contributed by atoms with Crippen molar-refractivity contribution >= 4 is 17.6 Å². The number of carboxylic acid groups (broad SMARTS) is 1. The van der Waals surface area contributed by atoms with Crippen LogP contribution in [0, 0.1) is 0 Å². The molecule has 0 radical (unpaired) electrons. The summed E-state index contributed by atoms with van der Waals surface area (Å²) in [5.74, 6) is -1.12. The average Bonchev–Trinajstić information content (AvgIpc) is 2.69. The number of hydrogen-bond donors (Lipinski definition) is 1. The number of benzene rings is 1. The van der Waals surface area contributed by atoms with Crippen LogP contribution >= 0.6 is 11.6 Å². The zero-order valence-corrected chi connectivity index (χ0v) is 8.09. The third-order valence-electron chi connectivity index (χ3n) is 1.80. The summed E-state index contributed by atoms with van der Waals surface area (Å²) in [5.41, 5.74) is 0.312. The lowest BCUT2D eigenvalue weighted by Crippen LogP contribution is -2.06. The minimum Gasteiger partial charge on any atom is -0.478 e. The van der Waals surface area contributed by atoms with Crippen LogP contribution in [0.2, 0.25) is 5.02 Å². The summed E-state index contributed by atoms with van der Waals surface area (Å²) in [6.45, 7) is 0. The maximum absolute atomic E-state index is 11.0. The summed E-state index contributed by atoms with van der Waals surface area (Å²) < 4.78 is 1.25. The molecule has 0 fully saturated rings. The normalized spacial score (nSPS) is 10.2. The first-order valence-corrected chi connectivity index (χ1v) is 4.33. The summed E-state index contributed by atoms with van der Waals surface area (Å²) >= 11 is 5.78. The molecule has 7 heteroatoms. The number of halogens is 1. The molecule has 0 aliphatic carbocycles. The molecule has 2 rings (SSSR count). The monoisotopic (exact) mass is 224 g/mol. The maximum Gasteiger partial charge on any atom is 0.339 e. The van der Waals surface area contributed by atoms with E-state index in [1.807, 2.05) is 0 Å². The number of nitrogens with zero attached hydrogens (tertiary/aromatic N) is 4. The van der Waals surface area contributed by atoms with E-state index in [2.05, 4.69) is 15.5 Å². The molecule has 15 heavy (non-hydrogen) atoms. The molecule has 0 bridgehead atoms. The van der Waals surface area contributed by atoms with Crippen LogP contribution in [0.3, 0.4) is 0 Å². The summed E-state index contributed by atoms with van der Waals surface area (Å²) in [5, 5.41) is 19.6. The molecule has 1 N–H and O–H groups in total. The molecule has 0 amide bonds. The Labute approximate surface area is 89.1 Å². The van der Waals surface area contributed by atoms with Gasteiger partial charge in [-0.15, -0.1) is 5.10 Å². The smallest absolute Gasteiger partial charge is 0.339 e. The van der Waals surface area contributed by atoms with E-state index in [4.69, 9.17) is 16.7 Å². The second-order valence-corrected chi connectivity index (χ2v) is 3.10. The Kier molecular flexibility index (Phi) is 2.34. The Bertz CT molecular complexity index is 497. The predicted molar refractivity (Wildman–Crippen MR) is 51.1 cm³/mol. The first-order chi connectivity index (χ1) is 7.20. The Balaban J connectivity index is 2.66. The second kappa shape index (κ2) is 3.66. The van der Waals surface area contributed by atoms with Crippen LogP contribution in [0.25, 0.3) is 5.69 Å². The van der Waals surface area contributed by atoms with E-state index in [-0.39, 0.29) is 10.6 Å². The molecular weight excluding hydrogens is 220 g/mol. The fraction of sp³-hybridized carbons (Fsp3) is 0. The molecule has 0 saturated carbocycles. The van der Waals surface area contributed by atoms with Crippen molar-refractivity contribution in [3.63, 3.8) is 0 Å². The van der Waals surface area contributed by atoms with Gasteiger partial charge in [-0.25, -0.2) is 4.79 Å². The average molecular weight is 225 g/mol. The number of aromatic nitrogens is 4. The van der Waals surface area contributed by atoms with E-state index in [0.717, 1.165) is 0 Å². The third-order valence-corrected chi connectivity index (χ3v) is 2.12. The van der Waals surface area contributed by atoms with Crippen molar-refractivity contribution in [1.29, 1.82) is 0 Å². The van der Waals surface area contributed by atoms with Gasteiger partial charge in [-0.05, 0) is 22.6 Å². The van der Waals surface area contributed by atoms with E-state index in [1.165, 1.54) is 17.1 Å². The van der Waals surface area contributed by atoms with Crippen LogP contribution in [0.15, 0.2) is 24.5 Å². The lowest BCUT2D eigenvalue weighted by molar-refractivity contribution is 0.0697. The first-order valence-electron chi connectivity index (χ1n) is 3.95. The Hall–Kier alpha value is -1.95. The topological polar surface area (TPSA) is 80.9 Å². The quantitative estimate of drug-likeness (QED) is 0.824. The molecule has 1 aromatic carbocycles. The maximum atomic E-state index is 11.0. The highest BCUT2D eigenvalue weighted by molar-refractivity contribution is 6.34. The molecule has 0 aliphatic heterocycles. The van der Waals surface area contributed by atoms with Crippen molar-refractivity contribution in [3.8, 4) is 5.69 Å². The molecule has 0 atom stereocenters. The van der Waals surface area contributed by atoms with Crippen molar-refractivity contribution in [2.75, 3.05) is 0 Å². The molecule has 1 heterocycles. The fourth-order valence-corrected chi connectivity index (χ4v) is 1.44. The Morgan fingerprint density at radius 2 is 2.27 bits per heavy atom. The highest BCUT2D eigenvalue weighted by atomic mass is 35.5. The van der Waals surface area contributed by atoms with Crippen LogP contribution in [-0.2, 0) is 0 Å². The minimum atomic E-state index is -1.12. The van der Waals surface area contributed by atoms with Gasteiger partial charge >= 0.3 is 5.97 Å². The van der Waals surface area contributed by atoms with Gasteiger partial charge < -0.3 is 5.11 Å². The standard InChI is InChI=1S/C8H5ClN4O2/c9-5-2-1-3-6(7(5)8(14)15)13-4-10-11-12-13/h1-4H,(H,14,15). The summed E-state index contributed by atoms with van der Waals surface area (Å²) in [6, 6.07) is 4.70. The van der Waals surface area contributed by atoms with Crippen molar-refractivity contribution in [2.45, 2.75) is 0 Å². The van der Waals surface area contributed by atoms with Crippen LogP contribution in [0.1, 0.15) is 10.4 Å². The van der Waals surface area contributed by atoms with Gasteiger partial charge in [0.25, 0.3) is 0 Å². The number of tetrazole rings is 1. The zero-order valence-electron chi connectivity index (χ0n) is 7.33. The number of rotatable bonds is 2. The summed E-state index contributed by atoms with van der Waals surface area (Å²) in [7, 11) is 0. The predicted octanol–water partition coefficient (Wildman–Crippen LogP) is 1.01. The molecule has 1 aromatic heterocycles. The van der Waals surface area contributed by atoms with E-state index >= 15 is 0 Å². The molecule has 0 spiro atoms. The van der Waals surface area contributed by atoms with Gasteiger partial charge in [0.2, 0.25) is 0 Å². The van der Waals surface area contributed by atoms with Gasteiger partial charge in [0.15, 0.2) is 0 Å². The first kappa shape index (κ1) is 9.60. The fourth-order valence-electron chi connectivity index (χ4n) is 1.19. The van der Waals surface area contributed by atoms with E-state index in [0.29, 0.717) is 5.69 Å². The molecule has 2 aromatic rings. The molecule has 76 valence electrons. The van der Waals surface area contributed by atoms with Gasteiger partial charge in [0.1, 0.15) is 11.9 Å². The lowest BCUT2D eigenvalue weighted by atomic mass is 10.2. The highest BCUT2D eigenvalue weighted by Crippen LogP contribution is 2.22. The second-order valence-electron chi connectivity index (χ2n) is 2.69. The summed E-state index contributed by atoms with van der Waals surface area (Å²) in [4.78, 5) is 11.0. The van der Waals surface area contributed by atoms with Gasteiger partial charge in [0, 0.05) is 0 Å². The van der Waals surface area contributed by atoms with Crippen molar-refractivity contribution in [1.82, 2.24) is 20.2 Å².